The second-order valence-corrected chi connectivity index (χ2v) is 6.08. The van der Waals surface area contributed by atoms with Crippen molar-refractivity contribution in [3.05, 3.63) is 54.5 Å². The standard InChI is InChI=1S/C21H18FN3O3/c1-26-16-10-13(11-17(27-2)21(16)28-3)19-18-15(7-8-23-19)24-25-20(18)12-5-4-6-14(22)9-12/h4-11H,1-3H3,(H,24,25). The van der Waals surface area contributed by atoms with Crippen LogP contribution in [0.5, 0.6) is 17.2 Å². The Balaban J connectivity index is 1.99. The molecule has 0 saturated heterocycles. The van der Waals surface area contributed by atoms with E-state index in [1.54, 1.807) is 33.6 Å². The number of methoxy groups -OCH3 is 3. The van der Waals surface area contributed by atoms with E-state index in [0.717, 1.165) is 16.5 Å². The Kier molecular flexibility index (Phi) is 4.57. The van der Waals surface area contributed by atoms with E-state index in [1.165, 1.54) is 12.1 Å². The number of hydrogen-bond acceptors (Lipinski definition) is 5. The molecule has 2 aromatic carbocycles. The van der Waals surface area contributed by atoms with Gasteiger partial charge < -0.3 is 14.2 Å². The molecule has 0 aliphatic rings. The number of halogens is 1. The topological polar surface area (TPSA) is 69.3 Å². The minimum atomic E-state index is -0.327. The molecule has 28 heavy (non-hydrogen) atoms. The molecule has 0 aliphatic heterocycles. The Bertz CT molecular complexity index is 1130. The van der Waals surface area contributed by atoms with Gasteiger partial charge in [0.1, 0.15) is 11.5 Å². The van der Waals surface area contributed by atoms with Gasteiger partial charge in [0.05, 0.1) is 37.9 Å². The maximum Gasteiger partial charge on any atom is 0.203 e. The number of benzene rings is 2. The first-order valence-electron chi connectivity index (χ1n) is 8.55. The number of fused-ring (bicyclic) bond motifs is 1. The molecule has 4 rings (SSSR count). The van der Waals surface area contributed by atoms with E-state index in [2.05, 4.69) is 15.2 Å². The van der Waals surface area contributed by atoms with Crippen LogP contribution in [0.25, 0.3) is 33.4 Å². The molecule has 2 heterocycles. The van der Waals surface area contributed by atoms with Crippen LogP contribution < -0.4 is 14.2 Å². The highest BCUT2D eigenvalue weighted by molar-refractivity contribution is 6.02. The first-order chi connectivity index (χ1) is 13.7. The fourth-order valence-corrected chi connectivity index (χ4v) is 3.25. The van der Waals surface area contributed by atoms with Gasteiger partial charge in [0, 0.05) is 17.3 Å². The molecular formula is C21H18FN3O3. The molecule has 7 heteroatoms. The summed E-state index contributed by atoms with van der Waals surface area (Å²) in [6.07, 6.45) is 1.69. The number of rotatable bonds is 5. The fraction of sp³-hybridized carbons (Fsp3) is 0.143. The molecule has 0 aliphatic carbocycles. The molecule has 1 N–H and O–H groups in total. The van der Waals surface area contributed by atoms with Gasteiger partial charge in [-0.25, -0.2) is 4.39 Å². The summed E-state index contributed by atoms with van der Waals surface area (Å²) in [6.45, 7) is 0. The lowest BCUT2D eigenvalue weighted by atomic mass is 10.0. The molecule has 0 saturated carbocycles. The molecule has 0 fully saturated rings. The molecule has 142 valence electrons. The van der Waals surface area contributed by atoms with E-state index in [9.17, 15) is 4.39 Å². The Morgan fingerprint density at radius 1 is 0.857 bits per heavy atom. The molecule has 0 spiro atoms. The number of nitrogens with zero attached hydrogens (tertiary/aromatic N) is 2. The lowest BCUT2D eigenvalue weighted by molar-refractivity contribution is 0.324. The van der Waals surface area contributed by atoms with Gasteiger partial charge >= 0.3 is 0 Å². The van der Waals surface area contributed by atoms with Crippen molar-refractivity contribution >= 4 is 10.9 Å². The summed E-state index contributed by atoms with van der Waals surface area (Å²) < 4.78 is 30.1. The van der Waals surface area contributed by atoms with Crippen molar-refractivity contribution in [3.8, 4) is 39.8 Å². The fourth-order valence-electron chi connectivity index (χ4n) is 3.25. The van der Waals surface area contributed by atoms with Crippen LogP contribution >= 0.6 is 0 Å². The zero-order valence-corrected chi connectivity index (χ0v) is 15.6. The SMILES string of the molecule is COc1cc(-c2nccc3[nH]nc(-c4cccc(F)c4)c23)cc(OC)c1OC. The number of aromatic amines is 1. The van der Waals surface area contributed by atoms with Gasteiger partial charge in [-0.05, 0) is 30.3 Å². The number of ether oxygens (including phenoxy) is 3. The van der Waals surface area contributed by atoms with Crippen molar-refractivity contribution in [2.75, 3.05) is 21.3 Å². The van der Waals surface area contributed by atoms with Gasteiger partial charge in [0.15, 0.2) is 11.5 Å². The average molecular weight is 379 g/mol. The number of H-pyrrole nitrogens is 1. The van der Waals surface area contributed by atoms with Crippen LogP contribution in [0.15, 0.2) is 48.7 Å². The largest absolute Gasteiger partial charge is 0.493 e. The van der Waals surface area contributed by atoms with Crippen LogP contribution in [0.1, 0.15) is 0 Å². The summed E-state index contributed by atoms with van der Waals surface area (Å²) in [6, 6.07) is 11.8. The van der Waals surface area contributed by atoms with Crippen molar-refractivity contribution in [1.29, 1.82) is 0 Å². The molecule has 0 atom stereocenters. The molecule has 2 aromatic heterocycles. The maximum absolute atomic E-state index is 13.8. The van der Waals surface area contributed by atoms with Gasteiger partial charge in [0.25, 0.3) is 0 Å². The van der Waals surface area contributed by atoms with E-state index in [-0.39, 0.29) is 5.82 Å². The number of nitrogens with one attached hydrogen (secondary N) is 1. The van der Waals surface area contributed by atoms with Gasteiger partial charge in [-0.2, -0.15) is 5.10 Å². The van der Waals surface area contributed by atoms with Crippen molar-refractivity contribution in [1.82, 2.24) is 15.2 Å². The molecule has 4 aromatic rings. The molecule has 0 amide bonds. The smallest absolute Gasteiger partial charge is 0.203 e. The number of aromatic nitrogens is 3. The predicted octanol–water partition coefficient (Wildman–Crippen LogP) is 4.46. The second-order valence-electron chi connectivity index (χ2n) is 6.08. The highest BCUT2D eigenvalue weighted by Gasteiger charge is 2.19. The van der Waals surface area contributed by atoms with Gasteiger partial charge in [-0.3, -0.25) is 10.1 Å². The Morgan fingerprint density at radius 2 is 1.61 bits per heavy atom. The average Bonchev–Trinajstić information content (AvgIpc) is 3.17. The zero-order chi connectivity index (χ0) is 19.7. The summed E-state index contributed by atoms with van der Waals surface area (Å²) in [5.41, 5.74) is 3.50. The minimum absolute atomic E-state index is 0.327. The first kappa shape index (κ1) is 17.8. The van der Waals surface area contributed by atoms with E-state index < -0.39 is 0 Å². The maximum atomic E-state index is 13.8. The molecular weight excluding hydrogens is 361 g/mol. The third-order valence-corrected chi connectivity index (χ3v) is 4.51. The van der Waals surface area contributed by atoms with Gasteiger partial charge in [0.2, 0.25) is 5.75 Å². The Hall–Kier alpha value is -3.61. The summed E-state index contributed by atoms with van der Waals surface area (Å²) in [7, 11) is 4.67. The van der Waals surface area contributed by atoms with E-state index in [0.29, 0.717) is 34.2 Å². The van der Waals surface area contributed by atoms with Gasteiger partial charge in [-0.15, -0.1) is 0 Å². The zero-order valence-electron chi connectivity index (χ0n) is 15.6. The van der Waals surface area contributed by atoms with Crippen LogP contribution in [-0.4, -0.2) is 36.5 Å². The quantitative estimate of drug-likeness (QED) is 0.555. The van der Waals surface area contributed by atoms with E-state index in [4.69, 9.17) is 14.2 Å². The molecule has 0 radical (unpaired) electrons. The normalized spacial score (nSPS) is 10.9. The van der Waals surface area contributed by atoms with Crippen LogP contribution in [0.3, 0.4) is 0 Å². The van der Waals surface area contributed by atoms with E-state index >= 15 is 0 Å². The monoisotopic (exact) mass is 379 g/mol. The predicted molar refractivity (Wildman–Crippen MR) is 104 cm³/mol. The summed E-state index contributed by atoms with van der Waals surface area (Å²) >= 11 is 0. The molecule has 0 bridgehead atoms. The third kappa shape index (κ3) is 2.90. The Labute approximate surface area is 160 Å². The first-order valence-corrected chi connectivity index (χ1v) is 8.55. The minimum Gasteiger partial charge on any atom is -0.493 e. The lowest BCUT2D eigenvalue weighted by Crippen LogP contribution is -1.96. The molecule has 6 nitrogen and oxygen atoms in total. The van der Waals surface area contributed by atoms with Crippen molar-refractivity contribution < 1.29 is 18.6 Å². The lowest BCUT2D eigenvalue weighted by Gasteiger charge is -2.14. The third-order valence-electron chi connectivity index (χ3n) is 4.51. The van der Waals surface area contributed by atoms with Crippen LogP contribution in [0, 0.1) is 5.82 Å². The summed E-state index contributed by atoms with van der Waals surface area (Å²) in [5.74, 6) is 1.21. The second kappa shape index (κ2) is 7.19. The summed E-state index contributed by atoms with van der Waals surface area (Å²) in [4.78, 5) is 4.56. The Morgan fingerprint density at radius 3 is 2.25 bits per heavy atom. The van der Waals surface area contributed by atoms with E-state index in [1.807, 2.05) is 24.3 Å². The van der Waals surface area contributed by atoms with Crippen molar-refractivity contribution in [2.24, 2.45) is 0 Å². The van der Waals surface area contributed by atoms with Crippen LogP contribution in [-0.2, 0) is 0 Å². The van der Waals surface area contributed by atoms with Crippen molar-refractivity contribution in [2.45, 2.75) is 0 Å². The highest BCUT2D eigenvalue weighted by Crippen LogP contribution is 2.43. The van der Waals surface area contributed by atoms with Crippen LogP contribution in [0.4, 0.5) is 4.39 Å². The van der Waals surface area contributed by atoms with Gasteiger partial charge in [-0.1, -0.05) is 12.1 Å². The highest BCUT2D eigenvalue weighted by atomic mass is 19.1. The molecule has 0 unspecified atom stereocenters. The number of pyridine rings is 1. The summed E-state index contributed by atoms with van der Waals surface area (Å²) in [5, 5.41) is 8.17. The van der Waals surface area contributed by atoms with Crippen molar-refractivity contribution in [3.63, 3.8) is 0 Å². The van der Waals surface area contributed by atoms with Crippen LogP contribution in [0.2, 0.25) is 0 Å². The number of hydrogen-bond donors (Lipinski definition) is 1.